The van der Waals surface area contributed by atoms with E-state index in [1.165, 1.54) is 55.0 Å². The molecule has 0 spiro atoms. The molecule has 1 aliphatic rings. The van der Waals surface area contributed by atoms with Crippen molar-refractivity contribution in [1.82, 2.24) is 0 Å². The standard InChI is InChI=1S/C32H22/c1-3-11-23(12-4-1)27-20-28(31(21-27)24-13-5-2-6-14-24)22-32-29-17-9-7-15-25(29)19-26-16-8-10-18-30(26)32/h1-22H/b28-22+. The van der Waals surface area contributed by atoms with Crippen molar-refractivity contribution in [3.8, 4) is 0 Å². The average molecular weight is 407 g/mol. The zero-order chi connectivity index (χ0) is 21.3. The first kappa shape index (κ1) is 18.6. The molecule has 0 heterocycles. The van der Waals surface area contributed by atoms with Crippen LogP contribution in [0.5, 0.6) is 0 Å². The number of rotatable bonds is 3. The highest BCUT2D eigenvalue weighted by Gasteiger charge is 2.17. The van der Waals surface area contributed by atoms with Gasteiger partial charge in [-0.2, -0.15) is 0 Å². The normalized spacial score (nSPS) is 14.7. The molecule has 1 aliphatic carbocycles. The van der Waals surface area contributed by atoms with E-state index in [2.05, 4.69) is 133 Å². The summed E-state index contributed by atoms with van der Waals surface area (Å²) in [5.41, 5.74) is 7.52. The third-order valence-electron chi connectivity index (χ3n) is 6.23. The summed E-state index contributed by atoms with van der Waals surface area (Å²) in [4.78, 5) is 0. The van der Waals surface area contributed by atoms with E-state index in [4.69, 9.17) is 0 Å². The van der Waals surface area contributed by atoms with Crippen molar-refractivity contribution >= 4 is 38.8 Å². The third kappa shape index (κ3) is 3.27. The molecule has 0 saturated heterocycles. The monoisotopic (exact) mass is 406 g/mol. The van der Waals surface area contributed by atoms with Crippen molar-refractivity contribution in [1.29, 1.82) is 0 Å². The van der Waals surface area contributed by atoms with Crippen LogP contribution in [0.15, 0.2) is 133 Å². The number of hydrogen-bond acceptors (Lipinski definition) is 0. The van der Waals surface area contributed by atoms with E-state index in [0.29, 0.717) is 0 Å². The molecule has 0 aromatic heterocycles. The summed E-state index contributed by atoms with van der Waals surface area (Å²) in [7, 11) is 0. The maximum Gasteiger partial charge on any atom is -0.00932 e. The number of benzene rings is 5. The molecule has 0 saturated carbocycles. The quantitative estimate of drug-likeness (QED) is 0.263. The first-order valence-corrected chi connectivity index (χ1v) is 11.0. The summed E-state index contributed by atoms with van der Waals surface area (Å²) in [6.07, 6.45) is 7.03. The highest BCUT2D eigenvalue weighted by Crippen LogP contribution is 2.39. The van der Waals surface area contributed by atoms with Crippen LogP contribution in [0.4, 0.5) is 0 Å². The van der Waals surface area contributed by atoms with Gasteiger partial charge in [-0.1, -0.05) is 109 Å². The van der Waals surface area contributed by atoms with Crippen molar-refractivity contribution in [3.63, 3.8) is 0 Å². The molecule has 5 aromatic rings. The molecule has 0 amide bonds. The van der Waals surface area contributed by atoms with Crippen molar-refractivity contribution in [3.05, 3.63) is 150 Å². The Hall–Kier alpha value is -4.16. The zero-order valence-electron chi connectivity index (χ0n) is 17.7. The lowest BCUT2D eigenvalue weighted by atomic mass is 9.93. The maximum atomic E-state index is 2.37. The van der Waals surface area contributed by atoms with Gasteiger partial charge in [-0.05, 0) is 79.2 Å². The molecule has 0 bridgehead atoms. The first-order valence-electron chi connectivity index (χ1n) is 11.0. The van der Waals surface area contributed by atoms with Crippen molar-refractivity contribution in [2.45, 2.75) is 0 Å². The molecule has 0 fully saturated rings. The van der Waals surface area contributed by atoms with Gasteiger partial charge in [0.1, 0.15) is 0 Å². The lowest BCUT2D eigenvalue weighted by Gasteiger charge is -2.11. The largest absolute Gasteiger partial charge is 0.0622 e. The Morgan fingerprint density at radius 2 is 1.00 bits per heavy atom. The number of allylic oxidation sites excluding steroid dienone is 5. The lowest BCUT2D eigenvalue weighted by molar-refractivity contribution is 1.61. The Morgan fingerprint density at radius 3 is 1.62 bits per heavy atom. The summed E-state index contributed by atoms with van der Waals surface area (Å²) in [5.74, 6) is 0. The summed E-state index contributed by atoms with van der Waals surface area (Å²) < 4.78 is 0. The Bertz CT molecular complexity index is 1480. The minimum atomic E-state index is 1.24. The van der Waals surface area contributed by atoms with Gasteiger partial charge in [-0.15, -0.1) is 0 Å². The Labute approximate surface area is 188 Å². The maximum absolute atomic E-state index is 2.37. The zero-order valence-corrected chi connectivity index (χ0v) is 17.7. The number of hydrogen-bond donors (Lipinski definition) is 0. The van der Waals surface area contributed by atoms with Crippen molar-refractivity contribution in [2.75, 3.05) is 0 Å². The summed E-state index contributed by atoms with van der Waals surface area (Å²) in [5, 5.41) is 5.11. The van der Waals surface area contributed by atoms with Crippen LogP contribution in [-0.2, 0) is 0 Å². The van der Waals surface area contributed by atoms with Gasteiger partial charge >= 0.3 is 0 Å². The minimum absolute atomic E-state index is 1.24. The Morgan fingerprint density at radius 1 is 0.469 bits per heavy atom. The second-order valence-corrected chi connectivity index (χ2v) is 8.22. The molecule has 0 aliphatic heterocycles. The van der Waals surface area contributed by atoms with Gasteiger partial charge in [0.15, 0.2) is 0 Å². The van der Waals surface area contributed by atoms with Gasteiger partial charge < -0.3 is 0 Å². The van der Waals surface area contributed by atoms with E-state index in [9.17, 15) is 0 Å². The molecular weight excluding hydrogens is 384 g/mol. The SMILES string of the molecule is C1=C(c2ccccc2)C=C(c2ccccc2)/C1=C/c1c2ccccc2cc2ccccc12. The molecule has 0 atom stereocenters. The van der Waals surface area contributed by atoms with E-state index >= 15 is 0 Å². The van der Waals surface area contributed by atoms with E-state index in [1.807, 2.05) is 0 Å². The van der Waals surface area contributed by atoms with Crippen LogP contribution in [-0.4, -0.2) is 0 Å². The van der Waals surface area contributed by atoms with Gasteiger partial charge in [0, 0.05) is 0 Å². The molecule has 6 rings (SSSR count). The Kier molecular flexibility index (Phi) is 4.55. The molecule has 0 heteroatoms. The Balaban J connectivity index is 1.62. The van der Waals surface area contributed by atoms with E-state index < -0.39 is 0 Å². The fraction of sp³-hybridized carbons (Fsp3) is 0. The molecular formula is C32H22. The summed E-state index contributed by atoms with van der Waals surface area (Å²) in [6.45, 7) is 0. The summed E-state index contributed by atoms with van der Waals surface area (Å²) >= 11 is 0. The fourth-order valence-corrected chi connectivity index (χ4v) is 4.67. The number of fused-ring (bicyclic) bond motifs is 2. The molecule has 0 radical (unpaired) electrons. The summed E-state index contributed by atoms with van der Waals surface area (Å²) in [6, 6.07) is 41.0. The van der Waals surface area contributed by atoms with Crippen LogP contribution >= 0.6 is 0 Å². The van der Waals surface area contributed by atoms with E-state index in [0.717, 1.165) is 0 Å². The van der Waals surface area contributed by atoms with Gasteiger partial charge in [0.2, 0.25) is 0 Å². The topological polar surface area (TPSA) is 0 Å². The van der Waals surface area contributed by atoms with Crippen LogP contribution in [0.3, 0.4) is 0 Å². The minimum Gasteiger partial charge on any atom is -0.0622 e. The van der Waals surface area contributed by atoms with Crippen LogP contribution in [0.2, 0.25) is 0 Å². The predicted octanol–water partition coefficient (Wildman–Crippen LogP) is 8.56. The van der Waals surface area contributed by atoms with Crippen molar-refractivity contribution < 1.29 is 0 Å². The van der Waals surface area contributed by atoms with Gasteiger partial charge in [-0.3, -0.25) is 0 Å². The van der Waals surface area contributed by atoms with Crippen molar-refractivity contribution in [2.24, 2.45) is 0 Å². The highest BCUT2D eigenvalue weighted by atomic mass is 14.2. The molecule has 32 heavy (non-hydrogen) atoms. The third-order valence-corrected chi connectivity index (χ3v) is 6.23. The smallest absolute Gasteiger partial charge is 0.00932 e. The first-order chi connectivity index (χ1) is 15.9. The van der Waals surface area contributed by atoms with Gasteiger partial charge in [0.05, 0.1) is 0 Å². The van der Waals surface area contributed by atoms with Gasteiger partial charge in [-0.25, -0.2) is 0 Å². The fourth-order valence-electron chi connectivity index (χ4n) is 4.67. The van der Waals surface area contributed by atoms with E-state index in [-0.39, 0.29) is 0 Å². The lowest BCUT2D eigenvalue weighted by Crippen LogP contribution is -1.87. The average Bonchev–Trinajstić information content (AvgIpc) is 3.29. The van der Waals surface area contributed by atoms with Crippen LogP contribution in [0.25, 0.3) is 38.8 Å². The molecule has 0 N–H and O–H groups in total. The van der Waals surface area contributed by atoms with E-state index in [1.54, 1.807) is 0 Å². The van der Waals surface area contributed by atoms with Crippen LogP contribution in [0.1, 0.15) is 16.7 Å². The molecule has 150 valence electrons. The highest BCUT2D eigenvalue weighted by molar-refractivity contribution is 6.10. The molecule has 0 nitrogen and oxygen atoms in total. The second-order valence-electron chi connectivity index (χ2n) is 8.22. The van der Waals surface area contributed by atoms with Gasteiger partial charge in [0.25, 0.3) is 0 Å². The predicted molar refractivity (Wildman–Crippen MR) is 138 cm³/mol. The molecule has 0 unspecified atom stereocenters. The van der Waals surface area contributed by atoms with Crippen LogP contribution in [0, 0.1) is 0 Å². The second kappa shape index (κ2) is 7.83. The molecule has 5 aromatic carbocycles. The van der Waals surface area contributed by atoms with Crippen LogP contribution < -0.4 is 0 Å².